The molecule has 0 saturated carbocycles. The first-order valence-electron chi connectivity index (χ1n) is 5.34. The van der Waals surface area contributed by atoms with Gasteiger partial charge in [0.15, 0.2) is 0 Å². The second-order valence-corrected chi connectivity index (χ2v) is 3.65. The predicted octanol–water partition coefficient (Wildman–Crippen LogP) is 3.09. The molecule has 0 fully saturated rings. The van der Waals surface area contributed by atoms with E-state index in [0.717, 1.165) is 5.56 Å². The lowest BCUT2D eigenvalue weighted by atomic mass is 9.52. The Labute approximate surface area is 97.0 Å². The van der Waals surface area contributed by atoms with Crippen LogP contribution in [0.3, 0.4) is 0 Å². The maximum Gasteiger partial charge on any atom is 0.312 e. The lowest BCUT2D eigenvalue weighted by Gasteiger charge is -2.18. The molecule has 0 radical (unpaired) electrons. The monoisotopic (exact) mass is 207 g/mol. The summed E-state index contributed by atoms with van der Waals surface area (Å²) in [4.78, 5) is 0. The van der Waals surface area contributed by atoms with Gasteiger partial charge in [-0.2, -0.15) is 0 Å². The zero-order chi connectivity index (χ0) is 11.4. The van der Waals surface area contributed by atoms with Crippen molar-refractivity contribution in [1.29, 1.82) is 0 Å². The number of benzene rings is 1. The van der Waals surface area contributed by atoms with Gasteiger partial charge in [0.05, 0.1) is 0 Å². The molecule has 2 rings (SSSR count). The van der Waals surface area contributed by atoms with E-state index in [-0.39, 0.29) is 6.85 Å². The summed E-state index contributed by atoms with van der Waals surface area (Å²) in [6, 6.07) is 8.25. The molecule has 78 valence electrons. The second-order valence-electron chi connectivity index (χ2n) is 3.65. The number of hydrogen-bond acceptors (Lipinski definition) is 1. The van der Waals surface area contributed by atoms with Gasteiger partial charge in [-0.05, 0) is 28.9 Å². The van der Waals surface area contributed by atoms with Crippen molar-refractivity contribution in [2.24, 2.45) is 0 Å². The molecular weight excluding hydrogens is 193 g/mol. The van der Waals surface area contributed by atoms with Gasteiger partial charge in [-0.25, -0.2) is 0 Å². The summed E-state index contributed by atoms with van der Waals surface area (Å²) >= 11 is 0. The Kier molecular flexibility index (Phi) is 3.11. The van der Waals surface area contributed by atoms with Crippen molar-refractivity contribution < 1.29 is 0 Å². The highest BCUT2D eigenvalue weighted by atomic mass is 14.7. The molecule has 1 aromatic carbocycles. The van der Waals surface area contributed by atoms with Crippen molar-refractivity contribution in [3.05, 3.63) is 72.9 Å². The summed E-state index contributed by atoms with van der Waals surface area (Å²) in [7, 11) is 0. The van der Waals surface area contributed by atoms with Crippen LogP contribution in [0.1, 0.15) is 11.1 Å². The van der Waals surface area contributed by atoms with Crippen LogP contribution in [0.25, 0.3) is 11.5 Å². The van der Waals surface area contributed by atoms with E-state index in [1.165, 1.54) is 11.0 Å². The van der Waals surface area contributed by atoms with Gasteiger partial charge in [-0.15, -0.1) is 6.58 Å². The van der Waals surface area contributed by atoms with E-state index in [1.54, 1.807) is 0 Å². The molecule has 0 unspecified atom stereocenters. The van der Waals surface area contributed by atoms with Crippen molar-refractivity contribution in [2.45, 2.75) is 0 Å². The van der Waals surface area contributed by atoms with Crippen LogP contribution in [-0.4, -0.2) is 6.85 Å². The fourth-order valence-corrected chi connectivity index (χ4v) is 1.89. The lowest BCUT2D eigenvalue weighted by Crippen LogP contribution is -2.31. The van der Waals surface area contributed by atoms with Gasteiger partial charge >= 0.3 is 6.85 Å². The molecule has 1 aliphatic rings. The standard InChI is InChI=1S/C14H14BN/c1-3-12-8-5-6-9-13(12)14-10-7-11-16-15(14)4-2/h3-11,16H,1-2H2. The van der Waals surface area contributed by atoms with Gasteiger partial charge in [0.25, 0.3) is 0 Å². The Hall–Kier alpha value is -1.96. The largest absolute Gasteiger partial charge is 0.427 e. The third kappa shape index (κ3) is 1.87. The maximum atomic E-state index is 3.85. The van der Waals surface area contributed by atoms with Crippen LogP contribution in [0.5, 0.6) is 0 Å². The van der Waals surface area contributed by atoms with Gasteiger partial charge < -0.3 is 5.23 Å². The average molecular weight is 207 g/mol. The first-order valence-corrected chi connectivity index (χ1v) is 5.34. The van der Waals surface area contributed by atoms with E-state index >= 15 is 0 Å². The summed E-state index contributed by atoms with van der Waals surface area (Å²) in [6.45, 7) is 7.87. The van der Waals surface area contributed by atoms with Crippen LogP contribution in [0.15, 0.2) is 61.8 Å². The fourth-order valence-electron chi connectivity index (χ4n) is 1.89. The van der Waals surface area contributed by atoms with Gasteiger partial charge in [0.2, 0.25) is 0 Å². The van der Waals surface area contributed by atoms with E-state index in [2.05, 4.69) is 36.6 Å². The molecule has 0 aromatic heterocycles. The molecule has 16 heavy (non-hydrogen) atoms. The van der Waals surface area contributed by atoms with Crippen LogP contribution in [0, 0.1) is 0 Å². The Morgan fingerprint density at radius 1 is 1.19 bits per heavy atom. The molecule has 0 atom stereocenters. The molecule has 1 aliphatic heterocycles. The number of rotatable bonds is 3. The summed E-state index contributed by atoms with van der Waals surface area (Å²) in [6.07, 6.45) is 7.95. The molecule has 2 heteroatoms. The van der Waals surface area contributed by atoms with Crippen LogP contribution in [0.4, 0.5) is 0 Å². The third-order valence-corrected chi connectivity index (χ3v) is 2.71. The minimum atomic E-state index is 0.172. The van der Waals surface area contributed by atoms with E-state index in [1.807, 2.05) is 36.5 Å². The highest BCUT2D eigenvalue weighted by Gasteiger charge is 2.19. The second kappa shape index (κ2) is 4.71. The molecule has 1 heterocycles. The molecule has 0 bridgehead atoms. The third-order valence-electron chi connectivity index (χ3n) is 2.71. The van der Waals surface area contributed by atoms with E-state index < -0.39 is 0 Å². The van der Waals surface area contributed by atoms with Crippen molar-refractivity contribution in [2.75, 3.05) is 0 Å². The number of hydrogen-bond donors (Lipinski definition) is 1. The lowest BCUT2D eigenvalue weighted by molar-refractivity contribution is 1.33. The summed E-state index contributed by atoms with van der Waals surface area (Å²) in [5, 5.41) is 3.27. The molecule has 0 amide bonds. The predicted molar refractivity (Wildman–Crippen MR) is 72.7 cm³/mol. The van der Waals surface area contributed by atoms with Crippen molar-refractivity contribution in [1.82, 2.24) is 5.23 Å². The SMILES string of the molecule is C=CB1NC=CC=C1c1ccccc1C=C. The highest BCUT2D eigenvalue weighted by Crippen LogP contribution is 2.23. The van der Waals surface area contributed by atoms with Crippen LogP contribution < -0.4 is 5.23 Å². The molecular formula is C14H14BN. The van der Waals surface area contributed by atoms with Crippen molar-refractivity contribution in [3.63, 3.8) is 0 Å². The maximum absolute atomic E-state index is 3.85. The summed E-state index contributed by atoms with van der Waals surface area (Å²) < 4.78 is 0. The smallest absolute Gasteiger partial charge is 0.312 e. The number of allylic oxidation sites excluding steroid dienone is 2. The minimum Gasteiger partial charge on any atom is -0.427 e. The normalized spacial score (nSPS) is 14.0. The Balaban J connectivity index is 2.49. The highest BCUT2D eigenvalue weighted by molar-refractivity contribution is 6.81. The topological polar surface area (TPSA) is 12.0 Å². The Bertz CT molecular complexity index is 471. The van der Waals surface area contributed by atoms with E-state index in [0.29, 0.717) is 0 Å². The molecule has 0 spiro atoms. The Morgan fingerprint density at radius 2 is 2.00 bits per heavy atom. The molecule has 1 aromatic rings. The number of nitrogens with one attached hydrogen (secondary N) is 1. The first-order chi connectivity index (χ1) is 7.86. The van der Waals surface area contributed by atoms with Crippen LogP contribution >= 0.6 is 0 Å². The molecule has 1 N–H and O–H groups in total. The van der Waals surface area contributed by atoms with Crippen LogP contribution in [-0.2, 0) is 0 Å². The average Bonchev–Trinajstić information content (AvgIpc) is 2.38. The zero-order valence-corrected chi connectivity index (χ0v) is 9.19. The summed E-state index contributed by atoms with van der Waals surface area (Å²) in [5.41, 5.74) is 3.59. The van der Waals surface area contributed by atoms with Gasteiger partial charge in [0, 0.05) is 0 Å². The molecule has 0 saturated heterocycles. The summed E-state index contributed by atoms with van der Waals surface area (Å²) in [5.74, 6) is 1.91. The van der Waals surface area contributed by atoms with Gasteiger partial charge in [-0.3, -0.25) is 0 Å². The Morgan fingerprint density at radius 3 is 2.75 bits per heavy atom. The molecule has 1 nitrogen and oxygen atoms in total. The molecule has 0 aliphatic carbocycles. The van der Waals surface area contributed by atoms with Crippen molar-refractivity contribution >= 4 is 18.4 Å². The quantitative estimate of drug-likeness (QED) is 0.751. The van der Waals surface area contributed by atoms with Crippen molar-refractivity contribution in [3.8, 4) is 0 Å². The van der Waals surface area contributed by atoms with Gasteiger partial charge in [0.1, 0.15) is 0 Å². The van der Waals surface area contributed by atoms with Crippen LogP contribution in [0.2, 0.25) is 0 Å². The van der Waals surface area contributed by atoms with E-state index in [4.69, 9.17) is 0 Å². The zero-order valence-electron chi connectivity index (χ0n) is 9.19. The van der Waals surface area contributed by atoms with Gasteiger partial charge in [-0.1, -0.05) is 49.0 Å². The first kappa shape index (κ1) is 10.6. The fraction of sp³-hybridized carbons (Fsp3) is 0. The van der Waals surface area contributed by atoms with E-state index in [9.17, 15) is 0 Å². The minimum absolute atomic E-state index is 0.172.